The van der Waals surface area contributed by atoms with Gasteiger partial charge in [-0.25, -0.2) is 0 Å². The maximum absolute atomic E-state index is 3.79. The molecule has 0 fully saturated rings. The smallest absolute Gasteiger partial charge is 0.0588 e. The lowest BCUT2D eigenvalue weighted by Gasteiger charge is -2.18. The van der Waals surface area contributed by atoms with Gasteiger partial charge in [-0.3, -0.25) is 0 Å². The predicted molar refractivity (Wildman–Crippen MR) is 355 cm³/mol. The third kappa shape index (κ3) is 12.3. The Morgan fingerprint density at radius 3 is 0.393 bits per heavy atom. The van der Waals surface area contributed by atoms with Crippen molar-refractivity contribution in [2.45, 2.75) is 157 Å². The highest BCUT2D eigenvalue weighted by molar-refractivity contribution is 6.23. The second-order valence-corrected chi connectivity index (χ2v) is 28.6. The average Bonchev–Trinajstić information content (AvgIpc) is 3.61. The van der Waals surface area contributed by atoms with E-state index in [4.69, 9.17) is 0 Å². The Labute approximate surface area is 503 Å². The summed E-state index contributed by atoms with van der Waals surface area (Å²) < 4.78 is 0. The van der Waals surface area contributed by atoms with Crippen LogP contribution < -0.4 is 0 Å². The van der Waals surface area contributed by atoms with Gasteiger partial charge in [-0.15, -0.1) is 0 Å². The van der Waals surface area contributed by atoms with E-state index < -0.39 is 0 Å². The van der Waals surface area contributed by atoms with E-state index in [2.05, 4.69) is 343 Å². The molecule has 0 unspecified atom stereocenters. The Kier molecular flexibility index (Phi) is 14.7. The standard InChI is InChI=1S/C84H72/c1-79(2,3)67-37-25-55-19-20-56-26-38-68(80(4,5)6)50-62(56)32-44-74-73(43-31-61(55)49-67)75-45-33-63-51-69(81(7,8)9)39-27-57(63)21-22-58-28-40-70(82(10,11)12)53-65(58)35-47-77(75)78-48-36-66-54-72(84(16,17)18)42-30-60(66)24-23-59-29-41-71(83(13,14)15)52-64(59)34-46-76(74)78/h25-30,37-42,49-54H,1-18H3. The van der Waals surface area contributed by atoms with E-state index in [0.29, 0.717) is 32.3 Å². The van der Waals surface area contributed by atoms with Crippen molar-refractivity contribution in [3.8, 4) is 0 Å². The highest BCUT2D eigenvalue weighted by Crippen LogP contribution is 2.33. The Morgan fingerprint density at radius 1 is 0.155 bits per heavy atom. The SMILES string of the molecule is CC(C)(C)c1ccc2c#cc3ccc(C(C)(C)C)cc3c#cc3c(c#cc2c1)c1c#cc2cc(C(C)(C)C)ccc2c#cc2ccc(C(C)(C)C)cc2c#cc1c1c#cc2cc(C(C)(C)C)ccc2c#cc2ccc(C(C)(C)C)cc2c#cc31. The van der Waals surface area contributed by atoms with Crippen molar-refractivity contribution in [3.05, 3.63) is 252 Å². The number of fused-ring (bicyclic) bond motifs is 12. The van der Waals surface area contributed by atoms with E-state index in [9.17, 15) is 0 Å². The molecule has 0 radical (unpaired) electrons. The van der Waals surface area contributed by atoms with E-state index in [-0.39, 0.29) is 32.5 Å². The van der Waals surface area contributed by atoms with Gasteiger partial charge in [0.05, 0.1) is 32.3 Å². The quantitative estimate of drug-likeness (QED) is 0.142. The van der Waals surface area contributed by atoms with Gasteiger partial charge in [-0.1, -0.05) is 270 Å². The molecule has 0 nitrogen and oxygen atoms in total. The van der Waals surface area contributed by atoms with E-state index >= 15 is 0 Å². The Balaban J connectivity index is 1.60. The topological polar surface area (TPSA) is 0 Å². The van der Waals surface area contributed by atoms with Gasteiger partial charge in [0.1, 0.15) is 0 Å². The minimum Gasteiger partial charge on any atom is -0.0603 e. The summed E-state index contributed by atoms with van der Waals surface area (Å²) in [5.74, 6) is 0. The largest absolute Gasteiger partial charge is 0.0603 e. The lowest BCUT2D eigenvalue weighted by atomic mass is 9.86. The molecule has 10 rings (SSSR count). The van der Waals surface area contributed by atoms with Crippen LogP contribution in [-0.4, -0.2) is 0 Å². The van der Waals surface area contributed by atoms with Crippen LogP contribution in [0.25, 0.3) is 97.0 Å². The molecular formula is C84H72. The maximum atomic E-state index is 3.79. The summed E-state index contributed by atoms with van der Waals surface area (Å²) in [6.45, 7) is 40.1. The molecule has 0 aliphatic rings. The van der Waals surface area contributed by atoms with Crippen molar-refractivity contribution in [1.82, 2.24) is 0 Å². The predicted octanol–water partition coefficient (Wildman–Crippen LogP) is 21.3. The molecule has 0 N–H and O–H groups in total. The first-order valence-corrected chi connectivity index (χ1v) is 29.2. The molecule has 0 aliphatic carbocycles. The first-order chi connectivity index (χ1) is 39.4. The minimum atomic E-state index is -0.165. The normalized spacial score (nSPS) is 11.8. The summed E-state index contributed by atoms with van der Waals surface area (Å²) in [6.07, 6.45) is 0. The molecule has 0 saturated carbocycles. The van der Waals surface area contributed by atoms with Crippen molar-refractivity contribution in [3.63, 3.8) is 0 Å². The Hall–Kier alpha value is -9.42. The third-order valence-electron chi connectivity index (χ3n) is 15.7. The number of rotatable bonds is 0. The van der Waals surface area contributed by atoms with Crippen LogP contribution in [-0.2, 0) is 32.5 Å². The van der Waals surface area contributed by atoms with Crippen LogP contribution in [0.1, 0.15) is 158 Å². The number of hydrogen-bond acceptors (Lipinski definition) is 0. The van der Waals surface area contributed by atoms with Crippen LogP contribution in [0.3, 0.4) is 0 Å². The monoisotopic (exact) mass is 1080 g/mol. The molecule has 10 aromatic carbocycles. The Bertz CT molecular complexity index is 3780. The summed E-state index contributed by atoms with van der Waals surface area (Å²) in [7, 11) is 0. The zero-order valence-corrected chi connectivity index (χ0v) is 52.4. The molecule has 0 heterocycles. The summed E-state index contributed by atoms with van der Waals surface area (Å²) in [5, 5.41) is 13.3. The molecule has 0 aromatic heterocycles. The van der Waals surface area contributed by atoms with Gasteiger partial charge in [0.2, 0.25) is 0 Å². The first kappa shape index (κ1) is 57.8. The van der Waals surface area contributed by atoms with Gasteiger partial charge in [-0.05, 0) is 139 Å². The number of hydrogen-bond donors (Lipinski definition) is 0. The summed E-state index contributed by atoms with van der Waals surface area (Å²) in [4.78, 5) is 0. The van der Waals surface area contributed by atoms with Crippen LogP contribution in [0, 0.1) is 109 Å². The lowest BCUT2D eigenvalue weighted by Crippen LogP contribution is -2.10. The van der Waals surface area contributed by atoms with E-state index in [1.165, 1.54) is 0 Å². The van der Waals surface area contributed by atoms with Crippen LogP contribution in [0.5, 0.6) is 0 Å². The third-order valence-corrected chi connectivity index (χ3v) is 15.7. The van der Waals surface area contributed by atoms with Gasteiger partial charge in [0, 0.05) is 64.6 Å². The molecule has 0 bridgehead atoms. The zero-order valence-electron chi connectivity index (χ0n) is 52.4. The molecule has 408 valence electrons. The van der Waals surface area contributed by atoms with E-state index in [1.54, 1.807) is 0 Å². The second kappa shape index (κ2) is 21.4. The molecule has 10 aromatic rings. The average molecular weight is 1080 g/mol. The molecule has 0 amide bonds. The number of benzene rings is 7. The molecule has 0 aliphatic heterocycles. The molecule has 0 spiro atoms. The van der Waals surface area contributed by atoms with Crippen molar-refractivity contribution >= 4 is 97.0 Å². The van der Waals surface area contributed by atoms with E-state index in [1.807, 2.05) is 0 Å². The molecule has 84 heavy (non-hydrogen) atoms. The lowest BCUT2D eigenvalue weighted by molar-refractivity contribution is 0.591. The second-order valence-electron chi connectivity index (χ2n) is 28.6. The highest BCUT2D eigenvalue weighted by atomic mass is 14.2. The van der Waals surface area contributed by atoms with Gasteiger partial charge in [-0.2, -0.15) is 0 Å². The minimum absolute atomic E-state index is 0.165. The maximum Gasteiger partial charge on any atom is 0.0588 e. The van der Waals surface area contributed by atoms with Crippen molar-refractivity contribution in [2.24, 2.45) is 0 Å². The van der Waals surface area contributed by atoms with Crippen LogP contribution in [0.2, 0.25) is 0 Å². The van der Waals surface area contributed by atoms with Crippen molar-refractivity contribution < 1.29 is 0 Å². The zero-order chi connectivity index (χ0) is 60.3. The summed E-state index contributed by atoms with van der Waals surface area (Å²) in [6, 6.07) is 105. The summed E-state index contributed by atoms with van der Waals surface area (Å²) >= 11 is 0. The Morgan fingerprint density at radius 2 is 0.274 bits per heavy atom. The fraction of sp³-hybridized carbons (Fsp3) is 0.286. The van der Waals surface area contributed by atoms with Gasteiger partial charge < -0.3 is 0 Å². The van der Waals surface area contributed by atoms with Gasteiger partial charge >= 0.3 is 0 Å². The fourth-order valence-corrected chi connectivity index (χ4v) is 10.0. The molecule has 0 heteroatoms. The van der Waals surface area contributed by atoms with Crippen LogP contribution in [0.4, 0.5) is 0 Å². The summed E-state index contributed by atoms with van der Waals surface area (Å²) in [5.41, 5.74) is 5.88. The highest BCUT2D eigenvalue weighted by Gasteiger charge is 2.19. The molecule has 0 saturated heterocycles. The van der Waals surface area contributed by atoms with Gasteiger partial charge in [0.25, 0.3) is 0 Å². The molecular weight excluding hydrogens is 1010 g/mol. The van der Waals surface area contributed by atoms with Crippen LogP contribution in [0.15, 0.2) is 109 Å². The first-order valence-electron chi connectivity index (χ1n) is 29.2. The van der Waals surface area contributed by atoms with Crippen molar-refractivity contribution in [2.75, 3.05) is 0 Å². The van der Waals surface area contributed by atoms with Crippen molar-refractivity contribution in [1.29, 1.82) is 0 Å². The van der Waals surface area contributed by atoms with Gasteiger partial charge in [0.15, 0.2) is 0 Å². The van der Waals surface area contributed by atoms with Crippen LogP contribution >= 0.6 is 0 Å². The van der Waals surface area contributed by atoms with E-state index in [0.717, 1.165) is 98.0 Å². The molecule has 0 atom stereocenters. The fourth-order valence-electron chi connectivity index (χ4n) is 10.0.